The minimum Gasteiger partial charge on any atom is -0.743 e. The molecule has 4 rings (SSSR count). The molecule has 2 fully saturated rings. The molecule has 1 aliphatic heterocycles. The summed E-state index contributed by atoms with van der Waals surface area (Å²) >= 11 is 0. The first-order valence-electron chi connectivity index (χ1n) is 11.4. The summed E-state index contributed by atoms with van der Waals surface area (Å²) in [6, 6.07) is 13.6. The summed E-state index contributed by atoms with van der Waals surface area (Å²) in [5, 5.41) is -4.43. The summed E-state index contributed by atoms with van der Waals surface area (Å²) in [7, 11) is -6.90. The molecule has 2 aliphatic rings. The van der Waals surface area contributed by atoms with Gasteiger partial charge in [-0.3, -0.25) is 0 Å². The van der Waals surface area contributed by atoms with Crippen LogP contribution in [0.15, 0.2) is 41.3 Å². The molecular formula is C23H23F9O4S2. The van der Waals surface area contributed by atoms with E-state index in [-0.39, 0.29) is 0 Å². The Labute approximate surface area is 215 Å². The maximum atomic E-state index is 12.2. The van der Waals surface area contributed by atoms with Gasteiger partial charge in [-0.05, 0) is 73.6 Å². The number of benzene rings is 2. The number of hydrogen-bond acceptors (Lipinski definition) is 4. The highest BCUT2D eigenvalue weighted by atomic mass is 32.2. The number of ether oxygens (including phenoxy) is 1. The Morgan fingerprint density at radius 1 is 0.763 bits per heavy atom. The normalized spacial score (nSPS) is 18.5. The Kier molecular flexibility index (Phi) is 8.84. The molecule has 15 heteroatoms. The number of rotatable bonds is 6. The first-order valence-corrected chi connectivity index (χ1v) is 14.4. The highest BCUT2D eigenvalue weighted by molar-refractivity contribution is 7.97. The zero-order chi connectivity index (χ0) is 28.6. The van der Waals surface area contributed by atoms with Gasteiger partial charge in [0.25, 0.3) is 0 Å². The summed E-state index contributed by atoms with van der Waals surface area (Å²) in [5.74, 6) is -11.0. The fourth-order valence-corrected chi connectivity index (χ4v) is 6.84. The Balaban J connectivity index is 0.000000217. The van der Waals surface area contributed by atoms with Crippen molar-refractivity contribution in [2.24, 2.45) is 0 Å². The molecule has 0 aromatic heterocycles. The third-order valence-corrected chi connectivity index (χ3v) is 9.55. The summed E-state index contributed by atoms with van der Waals surface area (Å²) in [5.41, 5.74) is 0. The van der Waals surface area contributed by atoms with Gasteiger partial charge in [-0.25, -0.2) is 8.42 Å². The highest BCUT2D eigenvalue weighted by Gasteiger charge is 2.83. The second-order valence-corrected chi connectivity index (χ2v) is 12.6. The molecule has 0 bridgehead atoms. The molecule has 2 aromatic carbocycles. The quantitative estimate of drug-likeness (QED) is 0.206. The van der Waals surface area contributed by atoms with Crippen molar-refractivity contribution in [1.82, 2.24) is 0 Å². The second-order valence-electron chi connectivity index (χ2n) is 8.92. The average molecular weight is 599 g/mol. The van der Waals surface area contributed by atoms with E-state index in [1.54, 1.807) is 4.90 Å². The van der Waals surface area contributed by atoms with E-state index in [1.165, 1.54) is 60.8 Å². The molecular weight excluding hydrogens is 575 g/mol. The molecule has 0 N–H and O–H groups in total. The van der Waals surface area contributed by atoms with Crippen LogP contribution in [0.4, 0.5) is 39.5 Å². The largest absolute Gasteiger partial charge is 0.743 e. The van der Waals surface area contributed by atoms with E-state index in [4.69, 9.17) is 4.74 Å². The van der Waals surface area contributed by atoms with Gasteiger partial charge >= 0.3 is 23.3 Å². The molecule has 0 unspecified atom stereocenters. The van der Waals surface area contributed by atoms with Gasteiger partial charge < -0.3 is 9.29 Å². The van der Waals surface area contributed by atoms with Gasteiger partial charge in [0.05, 0.1) is 6.10 Å². The molecule has 1 saturated heterocycles. The van der Waals surface area contributed by atoms with E-state index in [2.05, 4.69) is 36.4 Å². The number of halogens is 9. The lowest BCUT2D eigenvalue weighted by Gasteiger charge is -2.34. The van der Waals surface area contributed by atoms with Crippen LogP contribution in [-0.2, 0) is 21.0 Å². The van der Waals surface area contributed by atoms with E-state index in [0.29, 0.717) is 17.0 Å². The van der Waals surface area contributed by atoms with Crippen LogP contribution in [0.1, 0.15) is 38.5 Å². The molecule has 0 amide bonds. The molecule has 0 spiro atoms. The van der Waals surface area contributed by atoms with Crippen LogP contribution >= 0.6 is 0 Å². The zero-order valence-corrected chi connectivity index (χ0v) is 21.2. The molecule has 2 aromatic rings. The monoisotopic (exact) mass is 598 g/mol. The molecule has 1 aliphatic carbocycles. The minimum absolute atomic E-state index is 0.446. The maximum absolute atomic E-state index is 12.2. The van der Waals surface area contributed by atoms with E-state index in [9.17, 15) is 52.5 Å². The standard InChI is InChI=1S/C19H23OS.C4HF9O3S/c1-2-6-17(5-1)20-18-9-7-16-14-19(10-8-15(16)13-18)21-11-3-4-12-21;5-1(6,3(9,10)11)2(7,8)4(12,13)17(14,15)16/h7-10,13-14,17H,1-6,11-12H2;(H,14,15,16)/q+1;/p-1. The van der Waals surface area contributed by atoms with Gasteiger partial charge in [0, 0.05) is 17.0 Å². The van der Waals surface area contributed by atoms with Crippen molar-refractivity contribution < 1.29 is 57.2 Å². The second kappa shape index (κ2) is 11.0. The Morgan fingerprint density at radius 3 is 1.82 bits per heavy atom. The van der Waals surface area contributed by atoms with Crippen molar-refractivity contribution in [3.05, 3.63) is 36.4 Å². The number of hydrogen-bond donors (Lipinski definition) is 0. The van der Waals surface area contributed by atoms with Gasteiger partial charge in [-0.1, -0.05) is 6.07 Å². The average Bonchev–Trinajstić information content (AvgIpc) is 3.52. The van der Waals surface area contributed by atoms with Crippen LogP contribution < -0.4 is 4.74 Å². The first kappa shape index (κ1) is 30.7. The molecule has 1 heterocycles. The van der Waals surface area contributed by atoms with E-state index in [0.717, 1.165) is 5.75 Å². The minimum atomic E-state index is -7.43. The van der Waals surface area contributed by atoms with Gasteiger partial charge in [-0.2, -0.15) is 39.5 Å². The Morgan fingerprint density at radius 2 is 1.29 bits per heavy atom. The zero-order valence-electron chi connectivity index (χ0n) is 19.5. The smallest absolute Gasteiger partial charge is 0.460 e. The SMILES string of the molecule is O=S(=O)([O-])C(F)(F)C(F)(F)C(F)(F)C(F)(F)F.c1cc2cc([S+]3CCCC3)ccc2cc1OC1CCCC1. The van der Waals surface area contributed by atoms with Crippen LogP contribution in [0.3, 0.4) is 0 Å². The maximum Gasteiger partial charge on any atom is 0.460 e. The highest BCUT2D eigenvalue weighted by Crippen LogP contribution is 2.54. The lowest BCUT2D eigenvalue weighted by molar-refractivity contribution is -0.382. The molecule has 4 nitrogen and oxygen atoms in total. The van der Waals surface area contributed by atoms with Crippen molar-refractivity contribution in [2.75, 3.05) is 11.5 Å². The van der Waals surface area contributed by atoms with Gasteiger partial charge in [-0.15, -0.1) is 0 Å². The summed E-state index contributed by atoms with van der Waals surface area (Å²) in [6.45, 7) is 0. The number of fused-ring (bicyclic) bond motifs is 1. The van der Waals surface area contributed by atoms with Crippen molar-refractivity contribution in [3.8, 4) is 5.75 Å². The molecule has 1 saturated carbocycles. The van der Waals surface area contributed by atoms with Crippen LogP contribution in [-0.4, -0.2) is 53.9 Å². The molecule has 38 heavy (non-hydrogen) atoms. The predicted octanol–water partition coefficient (Wildman–Crippen LogP) is 6.89. The summed E-state index contributed by atoms with van der Waals surface area (Å²) < 4.78 is 142. The Hall–Kier alpha value is -1.87. The van der Waals surface area contributed by atoms with Crippen molar-refractivity contribution in [2.45, 2.75) is 72.8 Å². The van der Waals surface area contributed by atoms with Gasteiger partial charge in [0.1, 0.15) is 17.3 Å². The Bertz CT molecular complexity index is 1220. The van der Waals surface area contributed by atoms with Crippen LogP contribution in [0.25, 0.3) is 10.8 Å². The van der Waals surface area contributed by atoms with Crippen LogP contribution in [0, 0.1) is 0 Å². The van der Waals surface area contributed by atoms with E-state index >= 15 is 0 Å². The van der Waals surface area contributed by atoms with Crippen LogP contribution in [0.5, 0.6) is 5.75 Å². The lowest BCUT2D eigenvalue weighted by Crippen LogP contribution is -2.63. The van der Waals surface area contributed by atoms with Gasteiger partial charge in [0.15, 0.2) is 15.0 Å². The van der Waals surface area contributed by atoms with Crippen molar-refractivity contribution in [3.63, 3.8) is 0 Å². The van der Waals surface area contributed by atoms with Crippen molar-refractivity contribution >= 4 is 31.8 Å². The molecule has 214 valence electrons. The molecule has 0 radical (unpaired) electrons. The molecule has 0 atom stereocenters. The van der Waals surface area contributed by atoms with Crippen molar-refractivity contribution in [1.29, 1.82) is 0 Å². The van der Waals surface area contributed by atoms with Gasteiger partial charge in [0.2, 0.25) is 0 Å². The topological polar surface area (TPSA) is 66.4 Å². The third kappa shape index (κ3) is 6.14. The summed E-state index contributed by atoms with van der Waals surface area (Å²) in [4.78, 5) is 1.56. The van der Waals surface area contributed by atoms with E-state index in [1.807, 2.05) is 0 Å². The van der Waals surface area contributed by atoms with Crippen LogP contribution in [0.2, 0.25) is 0 Å². The fourth-order valence-electron chi connectivity index (χ4n) is 4.06. The first-order chi connectivity index (χ1) is 17.4. The predicted molar refractivity (Wildman–Crippen MR) is 122 cm³/mol. The summed E-state index contributed by atoms with van der Waals surface area (Å²) in [6.07, 6.45) is 1.20. The lowest BCUT2D eigenvalue weighted by atomic mass is 10.1. The fraction of sp³-hybridized carbons (Fsp3) is 0.565. The third-order valence-electron chi connectivity index (χ3n) is 6.18. The van der Waals surface area contributed by atoms with E-state index < -0.39 is 33.4 Å². The number of alkyl halides is 9.